The average Bonchev–Trinajstić information content (AvgIpc) is 2.65. The number of carbonyl (C=O) groups is 2. The second kappa shape index (κ2) is 8.56. The Balaban J connectivity index is 2.40. The second-order valence-corrected chi connectivity index (χ2v) is 11.5. The summed E-state index contributed by atoms with van der Waals surface area (Å²) in [6.07, 6.45) is 1.50. The summed E-state index contributed by atoms with van der Waals surface area (Å²) in [4.78, 5) is 30.4. The number of urea groups is 1. The molecule has 16 heteroatoms. The zero-order chi connectivity index (χ0) is 23.6. The minimum atomic E-state index is -4.60. The molecule has 0 spiro atoms. The molecule has 31 heavy (non-hydrogen) atoms. The van der Waals surface area contributed by atoms with Crippen LogP contribution in [0.2, 0.25) is 0 Å². The lowest BCUT2D eigenvalue weighted by Crippen LogP contribution is -2.35. The highest BCUT2D eigenvalue weighted by molar-refractivity contribution is 7.91. The van der Waals surface area contributed by atoms with E-state index in [1.807, 2.05) is 5.32 Å². The van der Waals surface area contributed by atoms with E-state index in [1.165, 1.54) is 12.1 Å². The third-order valence-electron chi connectivity index (χ3n) is 3.47. The molecular formula is C15H16N4O9S3. The highest BCUT2D eigenvalue weighted by Gasteiger charge is 2.26. The number of methoxy groups -OCH3 is 1. The van der Waals surface area contributed by atoms with Gasteiger partial charge in [0.1, 0.15) is 4.90 Å². The van der Waals surface area contributed by atoms with Crippen LogP contribution in [0.15, 0.2) is 45.3 Å². The summed E-state index contributed by atoms with van der Waals surface area (Å²) in [7, 11) is -11.6. The van der Waals surface area contributed by atoms with E-state index in [0.29, 0.717) is 6.07 Å². The van der Waals surface area contributed by atoms with Gasteiger partial charge in [0.25, 0.3) is 10.0 Å². The van der Waals surface area contributed by atoms with Crippen LogP contribution < -0.4 is 10.0 Å². The summed E-state index contributed by atoms with van der Waals surface area (Å²) < 4.78 is 78.1. The fraction of sp³-hybridized carbons (Fsp3) is 0.200. The molecule has 0 unspecified atom stereocenters. The predicted molar refractivity (Wildman–Crippen MR) is 105 cm³/mol. The SMILES string of the molecule is COC(=O)c1ccccc1S(=O)(=O)NC(=O)Nc1nc(S(C)(=O)=O)cc(S(C)(=O)=O)n1. The van der Waals surface area contributed by atoms with Crippen molar-refractivity contribution < 1.29 is 39.6 Å². The summed E-state index contributed by atoms with van der Waals surface area (Å²) >= 11 is 0. The van der Waals surface area contributed by atoms with E-state index in [4.69, 9.17) is 0 Å². The molecule has 0 bridgehead atoms. The predicted octanol–water partition coefficient (Wildman–Crippen LogP) is -0.419. The Bertz CT molecular complexity index is 1320. The van der Waals surface area contributed by atoms with Crippen LogP contribution in [0.4, 0.5) is 10.7 Å². The van der Waals surface area contributed by atoms with Crippen LogP contribution in [-0.4, -0.2) is 66.8 Å². The van der Waals surface area contributed by atoms with Gasteiger partial charge in [-0.3, -0.25) is 5.32 Å². The van der Waals surface area contributed by atoms with E-state index in [2.05, 4.69) is 14.7 Å². The van der Waals surface area contributed by atoms with Crippen LogP contribution in [0.1, 0.15) is 10.4 Å². The van der Waals surface area contributed by atoms with Crippen molar-refractivity contribution in [2.45, 2.75) is 14.9 Å². The van der Waals surface area contributed by atoms with Gasteiger partial charge in [0.2, 0.25) is 5.95 Å². The molecule has 0 fully saturated rings. The molecule has 0 aliphatic carbocycles. The summed E-state index contributed by atoms with van der Waals surface area (Å²) in [5.74, 6) is -1.75. The number of amides is 2. The van der Waals surface area contributed by atoms with Gasteiger partial charge in [0.15, 0.2) is 29.7 Å². The molecule has 0 radical (unpaired) electrons. The van der Waals surface area contributed by atoms with Crippen LogP contribution in [0.3, 0.4) is 0 Å². The Morgan fingerprint density at radius 1 is 0.903 bits per heavy atom. The highest BCUT2D eigenvalue weighted by atomic mass is 32.2. The first kappa shape index (κ1) is 24.2. The molecule has 168 valence electrons. The summed E-state index contributed by atoms with van der Waals surface area (Å²) in [6, 6.07) is 4.14. The molecule has 13 nitrogen and oxygen atoms in total. The Labute approximate surface area is 177 Å². The summed E-state index contributed by atoms with van der Waals surface area (Å²) in [6.45, 7) is 0. The molecule has 2 N–H and O–H groups in total. The first-order chi connectivity index (χ1) is 14.1. The first-order valence-corrected chi connectivity index (χ1v) is 13.2. The summed E-state index contributed by atoms with van der Waals surface area (Å²) in [5, 5.41) is 0.437. The van der Waals surface area contributed by atoms with E-state index in [1.54, 1.807) is 4.72 Å². The number of hydrogen-bond acceptors (Lipinski definition) is 11. The van der Waals surface area contributed by atoms with Crippen molar-refractivity contribution >= 4 is 47.6 Å². The van der Waals surface area contributed by atoms with Gasteiger partial charge in [0, 0.05) is 18.6 Å². The number of aromatic nitrogens is 2. The largest absolute Gasteiger partial charge is 0.465 e. The smallest absolute Gasteiger partial charge is 0.339 e. The number of esters is 1. The molecule has 2 amide bonds. The van der Waals surface area contributed by atoms with Gasteiger partial charge >= 0.3 is 12.0 Å². The Hall–Kier alpha value is -3.11. The number of sulfonamides is 1. The van der Waals surface area contributed by atoms with Gasteiger partial charge in [-0.25, -0.2) is 49.5 Å². The van der Waals surface area contributed by atoms with Crippen LogP contribution in [-0.2, 0) is 34.4 Å². The third-order valence-corrected chi connectivity index (χ3v) is 6.80. The lowest BCUT2D eigenvalue weighted by molar-refractivity contribution is 0.0596. The molecular weight excluding hydrogens is 476 g/mol. The van der Waals surface area contributed by atoms with E-state index in [9.17, 15) is 34.8 Å². The summed E-state index contributed by atoms with van der Waals surface area (Å²) in [5.41, 5.74) is -0.347. The number of anilines is 1. The van der Waals surface area contributed by atoms with Crippen molar-refractivity contribution in [2.24, 2.45) is 0 Å². The lowest BCUT2D eigenvalue weighted by Gasteiger charge is -2.11. The maximum absolute atomic E-state index is 12.5. The number of ether oxygens (including phenoxy) is 1. The molecule has 1 heterocycles. The fourth-order valence-corrected chi connectivity index (χ4v) is 4.46. The molecule has 1 aromatic heterocycles. The minimum Gasteiger partial charge on any atom is -0.465 e. The Morgan fingerprint density at radius 2 is 1.42 bits per heavy atom. The molecule has 0 saturated carbocycles. The maximum Gasteiger partial charge on any atom is 0.339 e. The number of hydrogen-bond donors (Lipinski definition) is 2. The van der Waals surface area contributed by atoms with Crippen LogP contribution >= 0.6 is 0 Å². The molecule has 2 rings (SSSR count). The first-order valence-electron chi connectivity index (χ1n) is 7.95. The zero-order valence-corrected chi connectivity index (χ0v) is 18.6. The number of nitrogens with zero attached hydrogens (tertiary/aromatic N) is 2. The maximum atomic E-state index is 12.5. The minimum absolute atomic E-state index is 0.347. The molecule has 0 saturated heterocycles. The normalized spacial score (nSPS) is 12.1. The van der Waals surface area contributed by atoms with Gasteiger partial charge in [-0.05, 0) is 12.1 Å². The number of benzene rings is 1. The topological polar surface area (TPSA) is 196 Å². The molecule has 0 aliphatic heterocycles. The molecule has 2 aromatic rings. The quantitative estimate of drug-likeness (QED) is 0.392. The molecule has 0 atom stereocenters. The van der Waals surface area contributed by atoms with E-state index in [0.717, 1.165) is 31.8 Å². The van der Waals surface area contributed by atoms with Crippen molar-refractivity contribution in [3.05, 3.63) is 35.9 Å². The zero-order valence-electron chi connectivity index (χ0n) is 16.2. The van der Waals surface area contributed by atoms with Gasteiger partial charge in [0.05, 0.1) is 12.7 Å². The van der Waals surface area contributed by atoms with Gasteiger partial charge in [-0.2, -0.15) is 0 Å². The van der Waals surface area contributed by atoms with Crippen LogP contribution in [0.5, 0.6) is 0 Å². The standard InChI is InChI=1S/C15H16N4O9S3/c1-28-13(20)9-6-4-5-7-10(9)31(26,27)19-15(21)18-14-16-11(29(2,22)23)8-12(17-14)30(3,24)25/h4-8H,1-3H3,(H2,16,17,18,19,21). The number of nitrogens with one attached hydrogen (secondary N) is 2. The number of sulfone groups is 2. The van der Waals surface area contributed by atoms with Crippen LogP contribution in [0.25, 0.3) is 0 Å². The Kier molecular flexibility index (Phi) is 6.67. The van der Waals surface area contributed by atoms with Gasteiger partial charge in [-0.15, -0.1) is 0 Å². The lowest BCUT2D eigenvalue weighted by atomic mass is 10.2. The van der Waals surface area contributed by atoms with Crippen molar-refractivity contribution in [1.82, 2.24) is 14.7 Å². The number of carbonyl (C=O) groups excluding carboxylic acids is 2. The average molecular weight is 493 g/mol. The van der Waals surface area contributed by atoms with Gasteiger partial charge < -0.3 is 4.74 Å². The molecule has 1 aromatic carbocycles. The van der Waals surface area contributed by atoms with E-state index < -0.39 is 62.6 Å². The van der Waals surface area contributed by atoms with Crippen molar-refractivity contribution in [1.29, 1.82) is 0 Å². The monoisotopic (exact) mass is 492 g/mol. The Morgan fingerprint density at radius 3 is 1.90 bits per heavy atom. The fourth-order valence-electron chi connectivity index (χ4n) is 2.12. The van der Waals surface area contributed by atoms with E-state index in [-0.39, 0.29) is 5.56 Å². The van der Waals surface area contributed by atoms with Crippen molar-refractivity contribution in [2.75, 3.05) is 24.9 Å². The van der Waals surface area contributed by atoms with Crippen molar-refractivity contribution in [3.8, 4) is 0 Å². The second-order valence-electron chi connectivity index (χ2n) is 5.96. The highest BCUT2D eigenvalue weighted by Crippen LogP contribution is 2.17. The number of rotatable bonds is 6. The van der Waals surface area contributed by atoms with Crippen LogP contribution in [0, 0.1) is 0 Å². The van der Waals surface area contributed by atoms with E-state index >= 15 is 0 Å². The molecule has 0 aliphatic rings. The van der Waals surface area contributed by atoms with Crippen molar-refractivity contribution in [3.63, 3.8) is 0 Å². The third kappa shape index (κ3) is 5.96. The van der Waals surface area contributed by atoms with Gasteiger partial charge in [-0.1, -0.05) is 12.1 Å².